The van der Waals surface area contributed by atoms with Gasteiger partial charge in [0.1, 0.15) is 0 Å². The number of nitrogens with zero attached hydrogens (tertiary/aromatic N) is 1. The maximum atomic E-state index is 12.9. The van der Waals surface area contributed by atoms with Crippen LogP contribution < -0.4 is 10.0 Å². The molecule has 7 nitrogen and oxygen atoms in total. The number of amides is 2. The fraction of sp³-hybridized carbons (Fsp3) is 0.364. The molecule has 170 valence electrons. The predicted molar refractivity (Wildman–Crippen MR) is 129 cm³/mol. The van der Waals surface area contributed by atoms with E-state index < -0.39 is 21.2 Å². The van der Waals surface area contributed by atoms with E-state index in [2.05, 4.69) is 10.0 Å². The van der Waals surface area contributed by atoms with Crippen molar-refractivity contribution >= 4 is 56.7 Å². The maximum absolute atomic E-state index is 12.9. The average molecular weight is 492 g/mol. The fourth-order valence-electron chi connectivity index (χ4n) is 3.78. The quantitative estimate of drug-likeness (QED) is 0.484. The van der Waals surface area contributed by atoms with Gasteiger partial charge in [-0.05, 0) is 55.5 Å². The molecule has 2 N–H and O–H groups in total. The van der Waals surface area contributed by atoms with E-state index in [9.17, 15) is 18.0 Å². The summed E-state index contributed by atoms with van der Waals surface area (Å²) >= 11 is 2.70. The molecular formula is C22H25N3O4S3. The Kier molecular flexibility index (Phi) is 7.02. The fourth-order valence-corrected chi connectivity index (χ4v) is 6.36. The normalized spacial score (nSPS) is 19.0. The zero-order valence-corrected chi connectivity index (χ0v) is 20.1. The molecule has 0 aliphatic carbocycles. The maximum Gasteiger partial charge on any atom is 0.261 e. The number of thioether (sulfide) groups is 2. The van der Waals surface area contributed by atoms with Crippen molar-refractivity contribution < 1.29 is 18.0 Å². The van der Waals surface area contributed by atoms with Crippen molar-refractivity contribution in [3.05, 3.63) is 42.5 Å². The highest BCUT2D eigenvalue weighted by atomic mass is 32.2. The van der Waals surface area contributed by atoms with Crippen molar-refractivity contribution in [2.24, 2.45) is 0 Å². The van der Waals surface area contributed by atoms with Crippen molar-refractivity contribution in [3.63, 3.8) is 0 Å². The Bertz CT molecular complexity index is 1130. The number of hydrogen-bond acceptors (Lipinski definition) is 6. The Hall–Kier alpha value is -2.17. The molecule has 0 bridgehead atoms. The number of fused-ring (bicyclic) bond motifs is 1. The smallest absolute Gasteiger partial charge is 0.261 e. The standard InChI is InChI=1S/C22H25N3O4S3/c1-30-16-8-6-7-15(13-16)24-32(28,29)17-9-10-19-18(14-17)23-21(26)20(31-19)22(27)25-11-4-2-3-5-12-25/h6-10,13-14,20,24H,2-5,11-12H2,1H3,(H,23,26)/t20-/m0/s1. The van der Waals surface area contributed by atoms with Gasteiger partial charge >= 0.3 is 0 Å². The summed E-state index contributed by atoms with van der Waals surface area (Å²) in [4.78, 5) is 29.1. The van der Waals surface area contributed by atoms with Gasteiger partial charge in [-0.2, -0.15) is 0 Å². The third-order valence-corrected chi connectivity index (χ3v) is 8.83. The lowest BCUT2D eigenvalue weighted by Crippen LogP contribution is -2.45. The minimum absolute atomic E-state index is 0.0454. The number of likely N-dealkylation sites (tertiary alicyclic amines) is 1. The van der Waals surface area contributed by atoms with Crippen LogP contribution in [-0.4, -0.2) is 49.7 Å². The van der Waals surface area contributed by atoms with Crippen LogP contribution in [0.2, 0.25) is 0 Å². The molecule has 32 heavy (non-hydrogen) atoms. The molecule has 4 rings (SSSR count). The summed E-state index contributed by atoms with van der Waals surface area (Å²) in [5.74, 6) is -0.584. The summed E-state index contributed by atoms with van der Waals surface area (Å²) in [6.45, 7) is 1.35. The number of anilines is 2. The molecule has 0 aromatic heterocycles. The molecule has 2 aromatic rings. The van der Waals surface area contributed by atoms with E-state index in [-0.39, 0.29) is 10.8 Å². The van der Waals surface area contributed by atoms with E-state index in [4.69, 9.17) is 0 Å². The van der Waals surface area contributed by atoms with Crippen molar-refractivity contribution in [1.82, 2.24) is 4.90 Å². The number of carbonyl (C=O) groups excluding carboxylic acids is 2. The zero-order chi connectivity index (χ0) is 22.7. The van der Waals surface area contributed by atoms with Crippen molar-refractivity contribution in [2.75, 3.05) is 29.4 Å². The number of hydrogen-bond donors (Lipinski definition) is 2. The summed E-state index contributed by atoms with van der Waals surface area (Å²) in [6.07, 6.45) is 6.03. The number of benzene rings is 2. The summed E-state index contributed by atoms with van der Waals surface area (Å²) in [5.41, 5.74) is 0.872. The molecule has 2 aliphatic heterocycles. The Morgan fingerprint density at radius 1 is 1.12 bits per heavy atom. The van der Waals surface area contributed by atoms with Crippen LogP contribution in [0, 0.1) is 0 Å². The van der Waals surface area contributed by atoms with E-state index >= 15 is 0 Å². The highest BCUT2D eigenvalue weighted by Crippen LogP contribution is 2.38. The second-order valence-electron chi connectivity index (χ2n) is 7.72. The molecule has 2 aliphatic rings. The molecule has 1 fully saturated rings. The number of carbonyl (C=O) groups is 2. The Balaban J connectivity index is 1.52. The highest BCUT2D eigenvalue weighted by molar-refractivity contribution is 8.01. The third-order valence-electron chi connectivity index (χ3n) is 5.47. The van der Waals surface area contributed by atoms with Gasteiger partial charge in [0.2, 0.25) is 11.8 Å². The van der Waals surface area contributed by atoms with Gasteiger partial charge < -0.3 is 10.2 Å². The van der Waals surface area contributed by atoms with Gasteiger partial charge in [0.25, 0.3) is 10.0 Å². The molecule has 2 amide bonds. The van der Waals surface area contributed by atoms with Crippen LogP contribution in [0.15, 0.2) is 57.2 Å². The molecule has 2 aromatic carbocycles. The minimum Gasteiger partial charge on any atom is -0.341 e. The van der Waals surface area contributed by atoms with Crippen LogP contribution in [-0.2, 0) is 19.6 Å². The lowest BCUT2D eigenvalue weighted by molar-refractivity contribution is -0.133. The van der Waals surface area contributed by atoms with Crippen molar-refractivity contribution in [1.29, 1.82) is 0 Å². The summed E-state index contributed by atoms with van der Waals surface area (Å²) in [5, 5.41) is 1.89. The first-order valence-corrected chi connectivity index (χ1v) is 14.0. The topological polar surface area (TPSA) is 95.6 Å². The largest absolute Gasteiger partial charge is 0.341 e. The molecule has 2 heterocycles. The third kappa shape index (κ3) is 5.07. The Morgan fingerprint density at radius 3 is 2.59 bits per heavy atom. The lowest BCUT2D eigenvalue weighted by atomic mass is 10.2. The van der Waals surface area contributed by atoms with Gasteiger partial charge in [-0.15, -0.1) is 23.5 Å². The van der Waals surface area contributed by atoms with E-state index in [0.717, 1.165) is 30.6 Å². The first kappa shape index (κ1) is 23.0. The number of nitrogens with one attached hydrogen (secondary N) is 2. The van der Waals surface area contributed by atoms with Gasteiger partial charge in [-0.3, -0.25) is 14.3 Å². The van der Waals surface area contributed by atoms with E-state index in [1.807, 2.05) is 12.3 Å². The van der Waals surface area contributed by atoms with Crippen LogP contribution in [0.3, 0.4) is 0 Å². The van der Waals surface area contributed by atoms with Crippen LogP contribution in [0.25, 0.3) is 0 Å². The molecular weight excluding hydrogens is 466 g/mol. The zero-order valence-electron chi connectivity index (χ0n) is 17.7. The number of sulfonamides is 1. The van der Waals surface area contributed by atoms with Crippen LogP contribution in [0.1, 0.15) is 25.7 Å². The molecule has 0 saturated carbocycles. The number of rotatable bonds is 5. The molecule has 0 unspecified atom stereocenters. The summed E-state index contributed by atoms with van der Waals surface area (Å²) < 4.78 is 28.3. The van der Waals surface area contributed by atoms with Crippen LogP contribution in [0.5, 0.6) is 0 Å². The van der Waals surface area contributed by atoms with Crippen molar-refractivity contribution in [2.45, 2.75) is 45.6 Å². The second-order valence-corrected chi connectivity index (χ2v) is 11.4. The summed E-state index contributed by atoms with van der Waals surface area (Å²) in [6, 6.07) is 11.7. The van der Waals surface area contributed by atoms with Gasteiger partial charge in [-0.1, -0.05) is 18.9 Å². The molecule has 1 atom stereocenters. The highest BCUT2D eigenvalue weighted by Gasteiger charge is 2.36. The second kappa shape index (κ2) is 9.76. The molecule has 0 spiro atoms. The first-order valence-electron chi connectivity index (χ1n) is 10.4. The SMILES string of the molecule is CSc1cccc(NS(=O)(=O)c2ccc3c(c2)NC(=O)[C@@H](C(=O)N2CCCCCC2)S3)c1. The van der Waals surface area contributed by atoms with E-state index in [0.29, 0.717) is 29.4 Å². The van der Waals surface area contributed by atoms with Gasteiger partial charge in [0, 0.05) is 28.6 Å². The summed E-state index contributed by atoms with van der Waals surface area (Å²) in [7, 11) is -3.84. The molecule has 0 radical (unpaired) electrons. The lowest BCUT2D eigenvalue weighted by Gasteiger charge is -2.28. The van der Waals surface area contributed by atoms with Gasteiger partial charge in [0.15, 0.2) is 5.25 Å². The Morgan fingerprint density at radius 2 is 1.88 bits per heavy atom. The van der Waals surface area contributed by atoms with E-state index in [1.165, 1.54) is 35.7 Å². The van der Waals surface area contributed by atoms with Gasteiger partial charge in [0.05, 0.1) is 10.6 Å². The minimum atomic E-state index is -3.84. The molecule has 10 heteroatoms. The first-order chi connectivity index (χ1) is 15.4. The average Bonchev–Trinajstić information content (AvgIpc) is 3.07. The van der Waals surface area contributed by atoms with Gasteiger partial charge in [-0.25, -0.2) is 8.42 Å². The van der Waals surface area contributed by atoms with Crippen molar-refractivity contribution in [3.8, 4) is 0 Å². The Labute approximate surface area is 196 Å². The molecule has 1 saturated heterocycles. The monoisotopic (exact) mass is 491 g/mol. The van der Waals surface area contributed by atoms with E-state index in [1.54, 1.807) is 29.2 Å². The van der Waals surface area contributed by atoms with Crippen LogP contribution >= 0.6 is 23.5 Å². The van der Waals surface area contributed by atoms with Crippen LogP contribution in [0.4, 0.5) is 11.4 Å². The predicted octanol–water partition coefficient (Wildman–Crippen LogP) is 4.02.